The molecule has 0 atom stereocenters. The molecule has 3 aromatic rings. The van der Waals surface area contributed by atoms with Gasteiger partial charge in [-0.25, -0.2) is 0 Å². The van der Waals surface area contributed by atoms with E-state index >= 15 is 0 Å². The molecule has 2 N–H and O–H groups in total. The van der Waals surface area contributed by atoms with Crippen molar-refractivity contribution < 1.29 is 23.8 Å². The summed E-state index contributed by atoms with van der Waals surface area (Å²) < 4.78 is 18.3. The smallest absolute Gasteiger partial charge is 0.252 e. The van der Waals surface area contributed by atoms with Crippen LogP contribution < -0.4 is 19.9 Å². The lowest BCUT2D eigenvalue weighted by Gasteiger charge is -2.12. The second-order valence-electron chi connectivity index (χ2n) is 6.99. The van der Waals surface area contributed by atoms with Crippen LogP contribution in [-0.4, -0.2) is 36.6 Å². The number of ether oxygens (including phenoxy) is 3. The van der Waals surface area contributed by atoms with Crippen LogP contribution in [0, 0.1) is 13.8 Å². The van der Waals surface area contributed by atoms with Crippen molar-refractivity contribution in [2.45, 2.75) is 20.8 Å². The number of nitrogens with two attached hydrogens (primary N) is 1. The Balaban J connectivity index is 1.82. The lowest BCUT2D eigenvalue weighted by Crippen LogP contribution is -2.17. The molecule has 31 heavy (non-hydrogen) atoms. The Morgan fingerprint density at radius 2 is 1.61 bits per heavy atom. The van der Waals surface area contributed by atoms with Crippen LogP contribution in [0.5, 0.6) is 17.2 Å². The molecule has 0 radical (unpaired) electrons. The predicted octanol–water partition coefficient (Wildman–Crippen LogP) is 3.86. The summed E-state index contributed by atoms with van der Waals surface area (Å²) in [5.74, 6) is 0.658. The van der Waals surface area contributed by atoms with Gasteiger partial charge in [-0.3, -0.25) is 9.59 Å². The van der Waals surface area contributed by atoms with Crippen molar-refractivity contribution in [3.63, 3.8) is 0 Å². The van der Waals surface area contributed by atoms with E-state index in [1.54, 1.807) is 6.07 Å². The van der Waals surface area contributed by atoms with Gasteiger partial charge in [-0.15, -0.1) is 0 Å². The molecule has 1 amide bonds. The first-order valence-corrected chi connectivity index (χ1v) is 9.91. The van der Waals surface area contributed by atoms with Crippen LogP contribution in [0.25, 0.3) is 5.69 Å². The van der Waals surface area contributed by atoms with Crippen LogP contribution >= 0.6 is 0 Å². The second-order valence-corrected chi connectivity index (χ2v) is 6.99. The molecule has 0 aliphatic carbocycles. The van der Waals surface area contributed by atoms with Crippen molar-refractivity contribution in [1.82, 2.24) is 4.57 Å². The molecule has 0 saturated carbocycles. The van der Waals surface area contributed by atoms with Crippen molar-refractivity contribution in [2.24, 2.45) is 5.73 Å². The highest BCUT2D eigenvalue weighted by molar-refractivity contribution is 5.99. The minimum atomic E-state index is -0.640. The first-order valence-electron chi connectivity index (χ1n) is 9.91. The van der Waals surface area contributed by atoms with E-state index in [-0.39, 0.29) is 23.7 Å². The molecule has 1 heterocycles. The van der Waals surface area contributed by atoms with E-state index in [4.69, 9.17) is 19.9 Å². The summed E-state index contributed by atoms with van der Waals surface area (Å²) in [5, 5.41) is 0. The summed E-state index contributed by atoms with van der Waals surface area (Å²) in [6.07, 6.45) is 0. The Morgan fingerprint density at radius 3 is 2.23 bits per heavy atom. The topological polar surface area (TPSA) is 92.8 Å². The molecule has 0 unspecified atom stereocenters. The van der Waals surface area contributed by atoms with Crippen LogP contribution in [-0.2, 0) is 0 Å². The number of hydrogen-bond donors (Lipinski definition) is 1. The van der Waals surface area contributed by atoms with Crippen molar-refractivity contribution in [3.8, 4) is 22.9 Å². The molecule has 0 spiro atoms. The number of hydrogen-bond acceptors (Lipinski definition) is 5. The second kappa shape index (κ2) is 9.38. The zero-order valence-electron chi connectivity index (χ0n) is 18.1. The third kappa shape index (κ3) is 4.71. The zero-order valence-corrected chi connectivity index (χ0v) is 18.1. The lowest BCUT2D eigenvalue weighted by atomic mass is 10.1. The Morgan fingerprint density at radius 1 is 0.935 bits per heavy atom. The van der Waals surface area contributed by atoms with Gasteiger partial charge in [0.2, 0.25) is 5.78 Å². The third-order valence-electron chi connectivity index (χ3n) is 4.95. The van der Waals surface area contributed by atoms with E-state index in [1.165, 1.54) is 19.2 Å². The fourth-order valence-corrected chi connectivity index (χ4v) is 3.47. The quantitative estimate of drug-likeness (QED) is 0.529. The molecule has 1 aromatic heterocycles. The molecule has 0 saturated heterocycles. The summed E-state index contributed by atoms with van der Waals surface area (Å²) in [4.78, 5) is 24.6. The summed E-state index contributed by atoms with van der Waals surface area (Å²) >= 11 is 0. The fourth-order valence-electron chi connectivity index (χ4n) is 3.47. The van der Waals surface area contributed by atoms with E-state index in [9.17, 15) is 9.59 Å². The minimum Gasteiger partial charge on any atom is -0.497 e. The van der Waals surface area contributed by atoms with Crippen LogP contribution in [0.3, 0.4) is 0 Å². The molecule has 3 rings (SSSR count). The number of methoxy groups -OCH3 is 1. The Kier molecular flexibility index (Phi) is 6.65. The molecular weight excluding hydrogens is 396 g/mol. The number of carbonyl (C=O) groups excluding carboxylic acids is 2. The fraction of sp³-hybridized carbons (Fsp3) is 0.250. The summed E-state index contributed by atoms with van der Waals surface area (Å²) in [6.45, 7) is 6.13. The van der Waals surface area contributed by atoms with Gasteiger partial charge in [-0.2, -0.15) is 0 Å². The number of benzene rings is 2. The monoisotopic (exact) mass is 422 g/mol. The largest absolute Gasteiger partial charge is 0.497 e. The van der Waals surface area contributed by atoms with Crippen LogP contribution in [0.2, 0.25) is 0 Å². The first-order chi connectivity index (χ1) is 14.8. The summed E-state index contributed by atoms with van der Waals surface area (Å²) in [7, 11) is 1.50. The average molecular weight is 422 g/mol. The minimum absolute atomic E-state index is 0.188. The Bertz CT molecular complexity index is 1100. The molecule has 162 valence electrons. The maximum atomic E-state index is 12.9. The van der Waals surface area contributed by atoms with Gasteiger partial charge < -0.3 is 24.5 Å². The number of Topliss-reactive ketones (excluding diaryl/α,β-unsaturated/α-hetero) is 1. The number of amides is 1. The van der Waals surface area contributed by atoms with Gasteiger partial charge in [0.25, 0.3) is 5.91 Å². The van der Waals surface area contributed by atoms with Crippen LogP contribution in [0.15, 0.2) is 48.5 Å². The molecule has 7 heteroatoms. The van der Waals surface area contributed by atoms with E-state index in [0.717, 1.165) is 22.8 Å². The first kappa shape index (κ1) is 22.0. The molecule has 0 aliphatic heterocycles. The zero-order chi connectivity index (χ0) is 22.5. The van der Waals surface area contributed by atoms with Gasteiger partial charge >= 0.3 is 0 Å². The van der Waals surface area contributed by atoms with E-state index in [0.29, 0.717) is 17.9 Å². The van der Waals surface area contributed by atoms with Crippen molar-refractivity contribution >= 4 is 11.7 Å². The van der Waals surface area contributed by atoms with Crippen molar-refractivity contribution in [3.05, 3.63) is 71.0 Å². The number of primary amides is 1. The highest BCUT2D eigenvalue weighted by atomic mass is 16.5. The van der Waals surface area contributed by atoms with Crippen LogP contribution in [0.4, 0.5) is 0 Å². The molecule has 2 aromatic carbocycles. The highest BCUT2D eigenvalue weighted by Crippen LogP contribution is 2.26. The van der Waals surface area contributed by atoms with Gasteiger partial charge in [0, 0.05) is 28.7 Å². The number of aromatic nitrogens is 1. The number of ketones is 1. The standard InChI is InChI=1S/C24H26N2O5/c1-5-30-18-8-6-17(7-9-18)26-15(2)12-21(16(26)3)22(27)14-31-23-13-19(29-4)10-11-20(23)24(25)28/h6-13H,5,14H2,1-4H3,(H2,25,28). The number of rotatable bonds is 9. The molecule has 7 nitrogen and oxygen atoms in total. The average Bonchev–Trinajstić information content (AvgIpc) is 3.06. The highest BCUT2D eigenvalue weighted by Gasteiger charge is 2.19. The molecule has 0 aliphatic rings. The maximum absolute atomic E-state index is 12.9. The molecule has 0 bridgehead atoms. The van der Waals surface area contributed by atoms with Crippen LogP contribution in [0.1, 0.15) is 39.0 Å². The maximum Gasteiger partial charge on any atom is 0.252 e. The van der Waals surface area contributed by atoms with Gasteiger partial charge in [0.1, 0.15) is 17.2 Å². The Labute approximate surface area is 181 Å². The van der Waals surface area contributed by atoms with Crippen molar-refractivity contribution in [1.29, 1.82) is 0 Å². The molecular formula is C24H26N2O5. The SMILES string of the molecule is CCOc1ccc(-n2c(C)cc(C(=O)COc3cc(OC)ccc3C(N)=O)c2C)cc1. The molecule has 0 fully saturated rings. The van der Waals surface area contributed by atoms with Gasteiger partial charge in [-0.1, -0.05) is 0 Å². The van der Waals surface area contributed by atoms with Gasteiger partial charge in [0.05, 0.1) is 19.3 Å². The van der Waals surface area contributed by atoms with E-state index in [1.807, 2.05) is 55.7 Å². The third-order valence-corrected chi connectivity index (χ3v) is 4.95. The summed E-state index contributed by atoms with van der Waals surface area (Å²) in [6, 6.07) is 14.2. The normalized spacial score (nSPS) is 10.6. The predicted molar refractivity (Wildman–Crippen MR) is 118 cm³/mol. The number of nitrogens with zero attached hydrogens (tertiary/aromatic N) is 1. The van der Waals surface area contributed by atoms with Crippen molar-refractivity contribution in [2.75, 3.05) is 20.3 Å². The van der Waals surface area contributed by atoms with Gasteiger partial charge in [0.15, 0.2) is 6.61 Å². The number of carbonyl (C=O) groups is 2. The van der Waals surface area contributed by atoms with Gasteiger partial charge in [-0.05, 0) is 63.2 Å². The van der Waals surface area contributed by atoms with E-state index in [2.05, 4.69) is 0 Å². The Hall–Kier alpha value is -3.74. The lowest BCUT2D eigenvalue weighted by molar-refractivity contribution is 0.0911. The number of aryl methyl sites for hydroxylation is 1. The van der Waals surface area contributed by atoms with E-state index < -0.39 is 5.91 Å². The summed E-state index contributed by atoms with van der Waals surface area (Å²) in [5.41, 5.74) is 8.80.